The van der Waals surface area contributed by atoms with Crippen LogP contribution in [-0.2, 0) is 16.1 Å². The van der Waals surface area contributed by atoms with Gasteiger partial charge in [0.15, 0.2) is 5.17 Å². The molecular weight excluding hydrogens is 534 g/mol. The predicted molar refractivity (Wildman–Crippen MR) is 155 cm³/mol. The fraction of sp³-hybridized carbons (Fsp3) is 0.233. The van der Waals surface area contributed by atoms with E-state index < -0.39 is 0 Å². The quantitative estimate of drug-likeness (QED) is 0.330. The molecule has 0 aromatic heterocycles. The van der Waals surface area contributed by atoms with Gasteiger partial charge in [-0.05, 0) is 66.7 Å². The first kappa shape index (κ1) is 27.0. The molecule has 9 heteroatoms. The highest BCUT2D eigenvalue weighted by Crippen LogP contribution is 2.35. The van der Waals surface area contributed by atoms with Crippen molar-refractivity contribution in [1.29, 1.82) is 0 Å². The molecule has 0 bridgehead atoms. The van der Waals surface area contributed by atoms with Gasteiger partial charge in [0.05, 0.1) is 23.8 Å². The number of ether oxygens (including phenoxy) is 2. The second-order valence-corrected chi connectivity index (χ2v) is 10.4. The smallest absolute Gasteiger partial charge is 0.266 e. The monoisotopic (exact) mass is 561 g/mol. The van der Waals surface area contributed by atoms with Gasteiger partial charge in [-0.3, -0.25) is 14.5 Å². The molecule has 2 saturated heterocycles. The molecule has 2 aliphatic rings. The fourth-order valence-corrected chi connectivity index (χ4v) is 5.43. The molecular formula is C30H28ClN3O4S. The summed E-state index contributed by atoms with van der Waals surface area (Å²) in [6, 6.07) is 22.3. The Labute approximate surface area is 237 Å². The van der Waals surface area contributed by atoms with Crippen LogP contribution in [0.4, 0.5) is 5.69 Å². The van der Waals surface area contributed by atoms with Gasteiger partial charge >= 0.3 is 0 Å². The summed E-state index contributed by atoms with van der Waals surface area (Å²) in [4.78, 5) is 34.9. The number of nitrogens with zero attached hydrogens (tertiary/aromatic N) is 3. The topological polar surface area (TPSA) is 71.4 Å². The van der Waals surface area contributed by atoms with E-state index in [1.54, 1.807) is 21.9 Å². The minimum absolute atomic E-state index is 0.0429. The number of amides is 2. The summed E-state index contributed by atoms with van der Waals surface area (Å²) in [5.41, 5.74) is 2.99. The Morgan fingerprint density at radius 2 is 1.85 bits per heavy atom. The second-order valence-electron chi connectivity index (χ2n) is 8.96. The summed E-state index contributed by atoms with van der Waals surface area (Å²) in [7, 11) is 0. The van der Waals surface area contributed by atoms with Gasteiger partial charge in [-0.2, -0.15) is 0 Å². The number of amidine groups is 1. The van der Waals surface area contributed by atoms with Crippen LogP contribution in [0.15, 0.2) is 82.7 Å². The number of halogens is 1. The van der Waals surface area contributed by atoms with Crippen molar-refractivity contribution in [2.24, 2.45) is 4.99 Å². The Kier molecular flexibility index (Phi) is 8.66. The van der Waals surface area contributed by atoms with E-state index in [9.17, 15) is 9.59 Å². The number of para-hydroxylation sites is 1. The van der Waals surface area contributed by atoms with Gasteiger partial charge in [-0.1, -0.05) is 48.0 Å². The van der Waals surface area contributed by atoms with E-state index in [4.69, 9.17) is 26.1 Å². The Bertz CT molecular complexity index is 1420. The van der Waals surface area contributed by atoms with Crippen molar-refractivity contribution in [2.75, 3.05) is 32.8 Å². The maximum absolute atomic E-state index is 13.3. The van der Waals surface area contributed by atoms with Crippen LogP contribution in [0.5, 0.6) is 5.75 Å². The van der Waals surface area contributed by atoms with Gasteiger partial charge < -0.3 is 14.4 Å². The van der Waals surface area contributed by atoms with Gasteiger partial charge in [0.2, 0.25) is 0 Å². The molecule has 0 spiro atoms. The number of hydrogen-bond acceptors (Lipinski definition) is 6. The number of hydrogen-bond donors (Lipinski definition) is 0. The van der Waals surface area contributed by atoms with Crippen LogP contribution in [-0.4, -0.2) is 59.6 Å². The maximum Gasteiger partial charge on any atom is 0.266 e. The second kappa shape index (κ2) is 12.5. The standard InChI is InChI=1S/C30H28ClN3O4S/c1-2-34-29(36)27(19-22-6-3-4-9-26(22)38-20-21-10-12-24(31)13-11-21)39-30(34)32-25-8-5-7-23(18-25)28(35)33-14-16-37-17-15-33/h3-13,18-19H,2,14-17,20H2,1H3/b27-19+,32-30?. The Hall–Kier alpha value is -3.59. The Morgan fingerprint density at radius 1 is 1.08 bits per heavy atom. The average Bonchev–Trinajstić information content (AvgIpc) is 3.26. The molecule has 2 amide bonds. The van der Waals surface area contributed by atoms with Gasteiger partial charge in [0.1, 0.15) is 12.4 Å². The lowest BCUT2D eigenvalue weighted by Gasteiger charge is -2.26. The first-order valence-electron chi connectivity index (χ1n) is 12.8. The summed E-state index contributed by atoms with van der Waals surface area (Å²) in [6.07, 6.45) is 1.84. The van der Waals surface area contributed by atoms with Gasteiger partial charge in [-0.15, -0.1) is 0 Å². The lowest BCUT2D eigenvalue weighted by Crippen LogP contribution is -2.40. The van der Waals surface area contributed by atoms with E-state index in [1.165, 1.54) is 11.8 Å². The number of aliphatic imine (C=N–C) groups is 1. The van der Waals surface area contributed by atoms with Gasteiger partial charge in [0.25, 0.3) is 11.8 Å². The van der Waals surface area contributed by atoms with E-state index in [2.05, 4.69) is 0 Å². The van der Waals surface area contributed by atoms with E-state index in [0.717, 1.165) is 11.1 Å². The minimum Gasteiger partial charge on any atom is -0.488 e. The molecule has 5 rings (SSSR count). The van der Waals surface area contributed by atoms with Crippen LogP contribution >= 0.6 is 23.4 Å². The molecule has 0 saturated carbocycles. The van der Waals surface area contributed by atoms with E-state index in [-0.39, 0.29) is 11.8 Å². The number of likely N-dealkylation sites (N-methyl/N-ethyl adjacent to an activating group) is 1. The Balaban J connectivity index is 1.35. The van der Waals surface area contributed by atoms with Gasteiger partial charge in [0, 0.05) is 35.8 Å². The zero-order chi connectivity index (χ0) is 27.2. The molecule has 0 aliphatic carbocycles. The predicted octanol–water partition coefficient (Wildman–Crippen LogP) is 6.02. The SMILES string of the molecule is CCN1C(=O)/C(=C\c2ccccc2OCc2ccc(Cl)cc2)SC1=Nc1cccc(C(=O)N2CCOCC2)c1. The molecule has 0 N–H and O–H groups in total. The molecule has 2 heterocycles. The summed E-state index contributed by atoms with van der Waals surface area (Å²) < 4.78 is 11.4. The van der Waals surface area contributed by atoms with Crippen LogP contribution in [0.25, 0.3) is 6.08 Å². The highest BCUT2D eigenvalue weighted by molar-refractivity contribution is 8.18. The average molecular weight is 562 g/mol. The zero-order valence-electron chi connectivity index (χ0n) is 21.5. The van der Waals surface area contributed by atoms with Crippen LogP contribution in [0.3, 0.4) is 0 Å². The fourth-order valence-electron chi connectivity index (χ4n) is 4.25. The number of thioether (sulfide) groups is 1. The van der Waals surface area contributed by atoms with Crippen molar-refractivity contribution in [3.63, 3.8) is 0 Å². The highest BCUT2D eigenvalue weighted by Gasteiger charge is 2.32. The number of morpholine rings is 1. The van der Waals surface area contributed by atoms with Crippen molar-refractivity contribution in [2.45, 2.75) is 13.5 Å². The highest BCUT2D eigenvalue weighted by atomic mass is 35.5. The molecule has 3 aromatic rings. The van der Waals surface area contributed by atoms with Crippen LogP contribution in [0.2, 0.25) is 5.02 Å². The molecule has 200 valence electrons. The van der Waals surface area contributed by atoms with Crippen LogP contribution in [0, 0.1) is 0 Å². The van der Waals surface area contributed by atoms with Crippen molar-refractivity contribution < 1.29 is 19.1 Å². The normalized spacial score (nSPS) is 17.7. The number of benzene rings is 3. The third-order valence-electron chi connectivity index (χ3n) is 6.33. The number of carbonyl (C=O) groups excluding carboxylic acids is 2. The molecule has 39 heavy (non-hydrogen) atoms. The number of rotatable bonds is 7. The number of carbonyl (C=O) groups is 2. The largest absolute Gasteiger partial charge is 0.488 e. The summed E-state index contributed by atoms with van der Waals surface area (Å²) >= 11 is 7.30. The summed E-state index contributed by atoms with van der Waals surface area (Å²) in [5, 5.41) is 1.25. The maximum atomic E-state index is 13.3. The van der Waals surface area contributed by atoms with Gasteiger partial charge in [-0.25, -0.2) is 4.99 Å². The summed E-state index contributed by atoms with van der Waals surface area (Å²) in [5.74, 6) is 0.518. The first-order valence-corrected chi connectivity index (χ1v) is 13.9. The Morgan fingerprint density at radius 3 is 2.62 bits per heavy atom. The third-order valence-corrected chi connectivity index (χ3v) is 7.59. The van der Waals surface area contributed by atoms with E-state index in [0.29, 0.717) is 71.6 Å². The lowest BCUT2D eigenvalue weighted by molar-refractivity contribution is -0.122. The van der Waals surface area contributed by atoms with Crippen molar-refractivity contribution >= 4 is 52.1 Å². The molecule has 2 fully saturated rings. The lowest BCUT2D eigenvalue weighted by atomic mass is 10.1. The van der Waals surface area contributed by atoms with Crippen LogP contribution in [0.1, 0.15) is 28.4 Å². The van der Waals surface area contributed by atoms with Crippen molar-refractivity contribution in [3.05, 3.63) is 99.4 Å². The van der Waals surface area contributed by atoms with E-state index in [1.807, 2.05) is 73.7 Å². The molecule has 0 unspecified atom stereocenters. The third kappa shape index (κ3) is 6.53. The zero-order valence-corrected chi connectivity index (χ0v) is 23.1. The molecule has 0 atom stereocenters. The minimum atomic E-state index is -0.116. The van der Waals surface area contributed by atoms with Crippen LogP contribution < -0.4 is 4.74 Å². The summed E-state index contributed by atoms with van der Waals surface area (Å²) in [6.45, 7) is 5.01. The van der Waals surface area contributed by atoms with Crippen molar-refractivity contribution in [3.8, 4) is 5.75 Å². The molecule has 3 aromatic carbocycles. The molecule has 0 radical (unpaired) electrons. The van der Waals surface area contributed by atoms with Crippen molar-refractivity contribution in [1.82, 2.24) is 9.80 Å². The molecule has 2 aliphatic heterocycles. The first-order chi connectivity index (χ1) is 19.0. The van der Waals surface area contributed by atoms with E-state index >= 15 is 0 Å². The molecule has 7 nitrogen and oxygen atoms in total.